The molecule has 2 rings (SSSR count). The quantitative estimate of drug-likeness (QED) is 0.639. The molecule has 0 aliphatic heterocycles. The van der Waals surface area contributed by atoms with Crippen LogP contribution < -0.4 is 0 Å². The fourth-order valence-electron chi connectivity index (χ4n) is 1.61. The molecular weight excluding hydrogens is 337 g/mol. The van der Waals surface area contributed by atoms with Gasteiger partial charge in [-0.2, -0.15) is 0 Å². The molecule has 5 nitrogen and oxygen atoms in total. The predicted octanol–water partition coefficient (Wildman–Crippen LogP) is 4.75. The number of hydrogen-bond donors (Lipinski definition) is 1. The maximum absolute atomic E-state index is 11.2. The van der Waals surface area contributed by atoms with Crippen LogP contribution in [0.1, 0.15) is 10.4 Å². The fraction of sp³-hybridized carbons (Fsp3) is 0. The van der Waals surface area contributed by atoms with Gasteiger partial charge in [-0.05, 0) is 24.3 Å². The highest BCUT2D eigenvalue weighted by Crippen LogP contribution is 2.41. The van der Waals surface area contributed by atoms with Gasteiger partial charge in [0, 0.05) is 16.0 Å². The first kappa shape index (κ1) is 15.6. The summed E-state index contributed by atoms with van der Waals surface area (Å²) in [7, 11) is 0. The van der Waals surface area contributed by atoms with E-state index in [1.807, 2.05) is 0 Å². The molecule has 0 bridgehead atoms. The summed E-state index contributed by atoms with van der Waals surface area (Å²) in [6, 6.07) is 8.51. The maximum atomic E-state index is 11.2. The van der Waals surface area contributed by atoms with Gasteiger partial charge in [0.2, 0.25) is 0 Å². The van der Waals surface area contributed by atoms with Gasteiger partial charge in [0.15, 0.2) is 0 Å². The lowest BCUT2D eigenvalue weighted by molar-refractivity contribution is -0.387. The molecule has 0 aliphatic carbocycles. The van der Waals surface area contributed by atoms with Crippen LogP contribution in [0.4, 0.5) is 5.69 Å². The first-order valence-electron chi connectivity index (χ1n) is 5.53. The molecule has 0 spiro atoms. The molecule has 0 unspecified atom stereocenters. The van der Waals surface area contributed by atoms with Gasteiger partial charge in [0.05, 0.1) is 15.5 Å². The third kappa shape index (κ3) is 3.47. The molecule has 0 atom stereocenters. The van der Waals surface area contributed by atoms with Crippen LogP contribution in [0.15, 0.2) is 46.2 Å². The molecule has 0 fully saturated rings. The summed E-state index contributed by atoms with van der Waals surface area (Å²) in [5.41, 5.74) is -0.457. The zero-order valence-electron chi connectivity index (χ0n) is 10.2. The number of carboxylic acids is 1. The molecule has 0 saturated heterocycles. The zero-order chi connectivity index (χ0) is 15.6. The maximum Gasteiger partial charge on any atom is 0.337 e. The van der Waals surface area contributed by atoms with Gasteiger partial charge in [-0.1, -0.05) is 41.0 Å². The van der Waals surface area contributed by atoms with Crippen LogP contribution in [0.2, 0.25) is 10.0 Å². The normalized spacial score (nSPS) is 10.4. The summed E-state index contributed by atoms with van der Waals surface area (Å²) >= 11 is 12.8. The smallest absolute Gasteiger partial charge is 0.337 e. The summed E-state index contributed by atoms with van der Waals surface area (Å²) in [6.07, 6.45) is 0. The average molecular weight is 344 g/mol. The third-order valence-corrected chi connectivity index (χ3v) is 4.39. The molecule has 0 heterocycles. The van der Waals surface area contributed by atoms with Crippen LogP contribution in [-0.2, 0) is 0 Å². The lowest BCUT2D eigenvalue weighted by atomic mass is 10.2. The van der Waals surface area contributed by atoms with Crippen molar-refractivity contribution in [3.63, 3.8) is 0 Å². The summed E-state index contributed by atoms with van der Waals surface area (Å²) in [4.78, 5) is 22.1. The van der Waals surface area contributed by atoms with Crippen molar-refractivity contribution in [3.8, 4) is 0 Å². The predicted molar refractivity (Wildman–Crippen MR) is 80.6 cm³/mol. The largest absolute Gasteiger partial charge is 0.478 e. The van der Waals surface area contributed by atoms with Gasteiger partial charge in [0.25, 0.3) is 5.69 Å². The highest BCUT2D eigenvalue weighted by Gasteiger charge is 2.23. The lowest BCUT2D eigenvalue weighted by Gasteiger charge is -2.08. The first-order chi connectivity index (χ1) is 9.90. The molecule has 21 heavy (non-hydrogen) atoms. The van der Waals surface area contributed by atoms with E-state index in [-0.39, 0.29) is 16.1 Å². The van der Waals surface area contributed by atoms with E-state index in [1.165, 1.54) is 24.3 Å². The van der Waals surface area contributed by atoms with Crippen molar-refractivity contribution in [1.82, 2.24) is 0 Å². The molecule has 0 aliphatic rings. The number of nitro benzene ring substituents is 1. The van der Waals surface area contributed by atoms with E-state index < -0.39 is 10.9 Å². The molecule has 8 heteroatoms. The fourth-order valence-corrected chi connectivity index (χ4v) is 3.16. The van der Waals surface area contributed by atoms with Crippen molar-refractivity contribution in [1.29, 1.82) is 0 Å². The molecule has 0 amide bonds. The van der Waals surface area contributed by atoms with Gasteiger partial charge in [0.1, 0.15) is 4.90 Å². The summed E-state index contributed by atoms with van der Waals surface area (Å²) in [5.74, 6) is -1.25. The van der Waals surface area contributed by atoms with Crippen molar-refractivity contribution in [2.75, 3.05) is 0 Å². The molecule has 2 aromatic carbocycles. The Morgan fingerprint density at radius 1 is 1.24 bits per heavy atom. The summed E-state index contributed by atoms with van der Waals surface area (Å²) in [6.45, 7) is 0. The third-order valence-electron chi connectivity index (χ3n) is 2.53. The van der Waals surface area contributed by atoms with Crippen LogP contribution >= 0.6 is 35.0 Å². The SMILES string of the molecule is O=C(O)c1cccc([N+](=O)[O-])c1Sc1cc(Cl)ccc1Cl. The minimum absolute atomic E-state index is 0.0131. The molecule has 2 aromatic rings. The van der Waals surface area contributed by atoms with E-state index in [0.717, 1.165) is 11.8 Å². The Morgan fingerprint density at radius 2 is 1.95 bits per heavy atom. The number of carboxylic acid groups (broad SMARTS) is 1. The Labute approximate surface area is 133 Å². The molecular formula is C13H7Cl2NO4S. The second-order valence-electron chi connectivity index (χ2n) is 3.89. The van der Waals surface area contributed by atoms with E-state index in [0.29, 0.717) is 14.9 Å². The Morgan fingerprint density at radius 3 is 2.57 bits per heavy atom. The molecule has 0 radical (unpaired) electrons. The van der Waals surface area contributed by atoms with Gasteiger partial charge in [-0.25, -0.2) is 4.79 Å². The number of nitrogens with zero attached hydrogens (tertiary/aromatic N) is 1. The van der Waals surface area contributed by atoms with E-state index >= 15 is 0 Å². The highest BCUT2D eigenvalue weighted by molar-refractivity contribution is 7.99. The Kier molecular flexibility index (Phi) is 4.72. The van der Waals surface area contributed by atoms with Crippen LogP contribution in [0.25, 0.3) is 0 Å². The van der Waals surface area contributed by atoms with Crippen LogP contribution in [-0.4, -0.2) is 16.0 Å². The van der Waals surface area contributed by atoms with Crippen molar-refractivity contribution < 1.29 is 14.8 Å². The zero-order valence-corrected chi connectivity index (χ0v) is 12.6. The number of halogens is 2. The van der Waals surface area contributed by atoms with E-state index in [4.69, 9.17) is 23.2 Å². The van der Waals surface area contributed by atoms with Crippen LogP contribution in [0.5, 0.6) is 0 Å². The topological polar surface area (TPSA) is 80.4 Å². The number of rotatable bonds is 4. The Hall–Kier alpha value is -1.76. The monoisotopic (exact) mass is 343 g/mol. The summed E-state index contributed by atoms with van der Waals surface area (Å²) < 4.78 is 0. The van der Waals surface area contributed by atoms with Crippen molar-refractivity contribution in [2.24, 2.45) is 0 Å². The molecule has 108 valence electrons. The number of benzene rings is 2. The molecule has 0 aromatic heterocycles. The van der Waals surface area contributed by atoms with Crippen molar-refractivity contribution in [3.05, 3.63) is 62.1 Å². The minimum Gasteiger partial charge on any atom is -0.478 e. The van der Waals surface area contributed by atoms with Gasteiger partial charge in [-0.3, -0.25) is 10.1 Å². The van der Waals surface area contributed by atoms with Gasteiger partial charge >= 0.3 is 5.97 Å². The lowest BCUT2D eigenvalue weighted by Crippen LogP contribution is -2.02. The van der Waals surface area contributed by atoms with Crippen LogP contribution in [0.3, 0.4) is 0 Å². The van der Waals surface area contributed by atoms with Crippen molar-refractivity contribution >= 4 is 46.6 Å². The summed E-state index contributed by atoms with van der Waals surface area (Å²) in [5, 5.41) is 21.0. The molecule has 1 N–H and O–H groups in total. The van der Waals surface area contributed by atoms with E-state index in [2.05, 4.69) is 0 Å². The van der Waals surface area contributed by atoms with E-state index in [9.17, 15) is 20.0 Å². The second-order valence-corrected chi connectivity index (χ2v) is 5.79. The Balaban J connectivity index is 2.59. The number of hydrogen-bond acceptors (Lipinski definition) is 4. The standard InChI is InChI=1S/C13H7Cl2NO4S/c14-7-4-5-9(15)11(6-7)21-12-8(13(17)18)2-1-3-10(12)16(19)20/h1-6H,(H,17,18). The Bertz CT molecular complexity index is 704. The highest BCUT2D eigenvalue weighted by atomic mass is 35.5. The number of nitro groups is 1. The van der Waals surface area contributed by atoms with Crippen LogP contribution in [0, 0.1) is 10.1 Å². The van der Waals surface area contributed by atoms with Crippen molar-refractivity contribution in [2.45, 2.75) is 9.79 Å². The average Bonchev–Trinajstić information content (AvgIpc) is 2.42. The van der Waals surface area contributed by atoms with Gasteiger partial charge < -0.3 is 5.11 Å². The minimum atomic E-state index is -1.25. The first-order valence-corrected chi connectivity index (χ1v) is 7.11. The number of aromatic carboxylic acids is 1. The van der Waals surface area contributed by atoms with E-state index in [1.54, 1.807) is 12.1 Å². The second kappa shape index (κ2) is 6.34. The molecule has 0 saturated carbocycles. The van der Waals surface area contributed by atoms with Gasteiger partial charge in [-0.15, -0.1) is 0 Å². The number of carbonyl (C=O) groups is 1.